The number of aliphatic hydroxyl groups excluding tert-OH is 1. The Labute approximate surface area is 206 Å². The van der Waals surface area contributed by atoms with Gasteiger partial charge in [0.25, 0.3) is 5.91 Å². The number of methoxy groups -OCH3 is 1. The molecule has 9 heteroatoms. The summed E-state index contributed by atoms with van der Waals surface area (Å²) in [7, 11) is 1.34. The Bertz CT molecular complexity index is 899. The monoisotopic (exact) mass is 488 g/mol. The van der Waals surface area contributed by atoms with Gasteiger partial charge in [0.15, 0.2) is 5.76 Å². The molecule has 9 nitrogen and oxygen atoms in total. The van der Waals surface area contributed by atoms with Crippen LogP contribution in [0.1, 0.15) is 60.9 Å². The molecule has 2 aliphatic rings. The number of nitrogens with zero attached hydrogens (tertiary/aromatic N) is 1. The van der Waals surface area contributed by atoms with Gasteiger partial charge < -0.3 is 29.5 Å². The summed E-state index contributed by atoms with van der Waals surface area (Å²) in [6, 6.07) is 7.08. The number of nitrogens with one attached hydrogen (secondary N) is 1. The Morgan fingerprint density at radius 2 is 2.00 bits per heavy atom. The highest BCUT2D eigenvalue weighted by molar-refractivity contribution is 5.92. The largest absolute Gasteiger partial charge is 0.465 e. The highest BCUT2D eigenvalue weighted by atomic mass is 16.7. The van der Waals surface area contributed by atoms with Gasteiger partial charge in [0, 0.05) is 51.1 Å². The van der Waals surface area contributed by atoms with E-state index in [1.54, 1.807) is 18.2 Å². The van der Waals surface area contributed by atoms with E-state index in [9.17, 15) is 19.5 Å². The second-order valence-electron chi connectivity index (χ2n) is 8.74. The van der Waals surface area contributed by atoms with Crippen molar-refractivity contribution in [3.63, 3.8) is 0 Å². The molecule has 3 rings (SSSR count). The van der Waals surface area contributed by atoms with Crippen LogP contribution in [0.25, 0.3) is 0 Å². The number of rotatable bonds is 12. The van der Waals surface area contributed by atoms with E-state index in [4.69, 9.17) is 14.2 Å². The van der Waals surface area contributed by atoms with E-state index in [1.807, 2.05) is 24.0 Å². The highest BCUT2D eigenvalue weighted by Crippen LogP contribution is 2.39. The Morgan fingerprint density at radius 1 is 1.23 bits per heavy atom. The fourth-order valence-corrected chi connectivity index (χ4v) is 4.60. The normalized spacial score (nSPS) is 21.9. The lowest BCUT2D eigenvalue weighted by Gasteiger charge is -2.37. The molecule has 1 aromatic rings. The third-order valence-electron chi connectivity index (χ3n) is 6.41. The van der Waals surface area contributed by atoms with Crippen LogP contribution in [0, 0.1) is 5.92 Å². The average Bonchev–Trinajstić information content (AvgIpc) is 3.29. The lowest BCUT2D eigenvalue weighted by Crippen LogP contribution is -2.39. The second kappa shape index (κ2) is 13.3. The van der Waals surface area contributed by atoms with E-state index in [1.165, 1.54) is 7.11 Å². The van der Waals surface area contributed by atoms with Crippen molar-refractivity contribution in [2.24, 2.45) is 5.92 Å². The Morgan fingerprint density at radius 3 is 2.63 bits per heavy atom. The van der Waals surface area contributed by atoms with Crippen molar-refractivity contribution in [1.29, 1.82) is 0 Å². The van der Waals surface area contributed by atoms with Gasteiger partial charge in [-0.25, -0.2) is 4.79 Å². The summed E-state index contributed by atoms with van der Waals surface area (Å²) in [5.74, 6) is -0.726. The van der Waals surface area contributed by atoms with Crippen molar-refractivity contribution >= 4 is 17.8 Å². The molecule has 2 amide bonds. The maximum atomic E-state index is 12.9. The van der Waals surface area contributed by atoms with Crippen molar-refractivity contribution in [3.8, 4) is 0 Å². The highest BCUT2D eigenvalue weighted by Gasteiger charge is 2.37. The number of allylic oxidation sites excluding steroid dienone is 1. The number of esters is 1. The van der Waals surface area contributed by atoms with Crippen molar-refractivity contribution in [1.82, 2.24) is 10.2 Å². The minimum Gasteiger partial charge on any atom is -0.465 e. The molecule has 0 radical (unpaired) electrons. The Balaban J connectivity index is 1.75. The predicted octanol–water partition coefficient (Wildman–Crippen LogP) is 2.35. The van der Waals surface area contributed by atoms with E-state index in [0.29, 0.717) is 50.9 Å². The van der Waals surface area contributed by atoms with E-state index in [-0.39, 0.29) is 36.0 Å². The molecule has 2 heterocycles. The smallest absolute Gasteiger partial charge is 0.337 e. The molecule has 0 unspecified atom stereocenters. The maximum absolute atomic E-state index is 12.9. The topological polar surface area (TPSA) is 114 Å². The summed E-state index contributed by atoms with van der Waals surface area (Å²) in [5.41, 5.74) is 1.35. The van der Waals surface area contributed by atoms with Gasteiger partial charge >= 0.3 is 5.97 Å². The van der Waals surface area contributed by atoms with Crippen LogP contribution in [0.5, 0.6) is 0 Å². The molecule has 35 heavy (non-hydrogen) atoms. The number of aliphatic hydroxyl groups is 1. The molecule has 1 saturated heterocycles. The zero-order valence-corrected chi connectivity index (χ0v) is 20.5. The van der Waals surface area contributed by atoms with Crippen molar-refractivity contribution in [2.75, 3.05) is 40.0 Å². The maximum Gasteiger partial charge on any atom is 0.337 e. The molecule has 192 valence electrons. The predicted molar refractivity (Wildman–Crippen MR) is 128 cm³/mol. The molecular formula is C26H36N2O7. The number of carbonyl (C=O) groups is 3. The summed E-state index contributed by atoms with van der Waals surface area (Å²) in [6.45, 7) is 4.15. The molecule has 0 spiro atoms. The quantitative estimate of drug-likeness (QED) is 0.343. The van der Waals surface area contributed by atoms with Gasteiger partial charge in [0.2, 0.25) is 12.2 Å². The first-order chi connectivity index (χ1) is 17.0. The number of carbonyl (C=O) groups excluding carboxylic acids is 3. The summed E-state index contributed by atoms with van der Waals surface area (Å²) < 4.78 is 16.6. The van der Waals surface area contributed by atoms with Gasteiger partial charge in [-0.05, 0) is 56.4 Å². The van der Waals surface area contributed by atoms with Gasteiger partial charge in [-0.1, -0.05) is 12.1 Å². The zero-order valence-electron chi connectivity index (χ0n) is 20.5. The fraction of sp³-hybridized carbons (Fsp3) is 0.577. The summed E-state index contributed by atoms with van der Waals surface area (Å²) in [5, 5.41) is 12.3. The molecule has 0 aliphatic carbocycles. The SMILES string of the molecule is CCO[C@H]1OC(C(=O)NCCCN2CCCC2=O)=C[C@@H](c2ccc(C(=O)OC)cc2)[C@H]1CCCO. The fourth-order valence-electron chi connectivity index (χ4n) is 4.60. The van der Waals surface area contributed by atoms with E-state index in [0.717, 1.165) is 18.5 Å². The number of benzene rings is 1. The third-order valence-corrected chi connectivity index (χ3v) is 6.41. The van der Waals surface area contributed by atoms with Crippen LogP contribution in [0.4, 0.5) is 0 Å². The summed E-state index contributed by atoms with van der Waals surface area (Å²) >= 11 is 0. The van der Waals surface area contributed by atoms with Crippen LogP contribution in [0.2, 0.25) is 0 Å². The minimum absolute atomic E-state index is 0.0416. The summed E-state index contributed by atoms with van der Waals surface area (Å²) in [4.78, 5) is 38.4. The second-order valence-corrected chi connectivity index (χ2v) is 8.74. The van der Waals surface area contributed by atoms with Crippen molar-refractivity contribution in [2.45, 2.75) is 51.2 Å². The van der Waals surface area contributed by atoms with Crippen LogP contribution < -0.4 is 5.32 Å². The van der Waals surface area contributed by atoms with Gasteiger partial charge in [-0.2, -0.15) is 0 Å². The first kappa shape index (κ1) is 26.7. The number of amides is 2. The number of likely N-dealkylation sites (tertiary alicyclic amines) is 1. The molecule has 2 N–H and O–H groups in total. The minimum atomic E-state index is -0.648. The Hall–Kier alpha value is -2.91. The molecular weight excluding hydrogens is 452 g/mol. The van der Waals surface area contributed by atoms with Crippen molar-refractivity contribution in [3.05, 3.63) is 47.2 Å². The van der Waals surface area contributed by atoms with Gasteiger partial charge in [0.1, 0.15) is 0 Å². The van der Waals surface area contributed by atoms with Crippen LogP contribution in [-0.4, -0.2) is 74.0 Å². The van der Waals surface area contributed by atoms with Crippen LogP contribution >= 0.6 is 0 Å². The molecule has 0 aromatic heterocycles. The van der Waals surface area contributed by atoms with E-state index >= 15 is 0 Å². The summed E-state index contributed by atoms with van der Waals surface area (Å²) in [6.07, 6.45) is 4.51. The third kappa shape index (κ3) is 7.05. The average molecular weight is 489 g/mol. The lowest BCUT2D eigenvalue weighted by molar-refractivity contribution is -0.166. The first-order valence-corrected chi connectivity index (χ1v) is 12.3. The molecule has 1 fully saturated rings. The zero-order chi connectivity index (χ0) is 25.2. The molecule has 2 aliphatic heterocycles. The molecule has 3 atom stereocenters. The molecule has 0 saturated carbocycles. The molecule has 1 aromatic carbocycles. The van der Waals surface area contributed by atoms with Crippen LogP contribution in [-0.2, 0) is 23.8 Å². The van der Waals surface area contributed by atoms with Crippen LogP contribution in [0.15, 0.2) is 36.1 Å². The van der Waals surface area contributed by atoms with E-state index < -0.39 is 12.3 Å². The van der Waals surface area contributed by atoms with E-state index in [2.05, 4.69) is 5.32 Å². The van der Waals surface area contributed by atoms with Crippen LogP contribution in [0.3, 0.4) is 0 Å². The number of ether oxygens (including phenoxy) is 3. The number of hydrogen-bond acceptors (Lipinski definition) is 7. The van der Waals surface area contributed by atoms with Gasteiger partial charge in [-0.3, -0.25) is 9.59 Å². The molecule has 0 bridgehead atoms. The number of hydrogen-bond donors (Lipinski definition) is 2. The Kier molecular flexibility index (Phi) is 10.1. The first-order valence-electron chi connectivity index (χ1n) is 12.3. The lowest BCUT2D eigenvalue weighted by atomic mass is 9.80. The van der Waals surface area contributed by atoms with Gasteiger partial charge in [-0.15, -0.1) is 0 Å². The van der Waals surface area contributed by atoms with Crippen molar-refractivity contribution < 1.29 is 33.7 Å². The standard InChI is InChI=1S/C26H36N2O7/c1-3-34-26-20(7-5-16-29)21(18-9-11-19(12-10-18)25(32)33-2)17-22(35-26)24(31)27-13-6-15-28-14-4-8-23(28)30/h9-12,17,20-21,26,29H,3-8,13-16H2,1-2H3,(H,27,31)/t20-,21+,26+/m1/s1. The van der Waals surface area contributed by atoms with Gasteiger partial charge in [0.05, 0.1) is 12.7 Å².